The molecule has 26 heavy (non-hydrogen) atoms. The summed E-state index contributed by atoms with van der Waals surface area (Å²) in [7, 11) is 1.99. The van der Waals surface area contributed by atoms with Crippen LogP contribution in [0.5, 0.6) is 0 Å². The number of benzene rings is 1. The number of carbonyl (C=O) groups excluding carboxylic acids is 1. The van der Waals surface area contributed by atoms with E-state index in [1.807, 2.05) is 13.1 Å². The minimum atomic E-state index is -0.387. The van der Waals surface area contributed by atoms with Crippen LogP contribution >= 0.6 is 0 Å². The first-order chi connectivity index (χ1) is 12.3. The second-order valence-corrected chi connectivity index (χ2v) is 7.35. The average molecular weight is 354 g/mol. The average Bonchev–Trinajstić information content (AvgIpc) is 2.61. The lowest BCUT2D eigenvalue weighted by atomic mass is 9.80. The van der Waals surface area contributed by atoms with Crippen LogP contribution in [0.2, 0.25) is 0 Å². The van der Waals surface area contributed by atoms with Gasteiger partial charge in [-0.05, 0) is 56.0 Å². The first-order valence-electron chi connectivity index (χ1n) is 8.60. The maximum absolute atomic E-state index is 14.5. The zero-order valence-corrected chi connectivity index (χ0v) is 15.5. The van der Waals surface area contributed by atoms with Gasteiger partial charge in [0, 0.05) is 36.2 Å². The van der Waals surface area contributed by atoms with Crippen LogP contribution < -0.4 is 10.3 Å². The molecule has 1 unspecified atom stereocenters. The van der Waals surface area contributed by atoms with Gasteiger partial charge in [0.15, 0.2) is 0 Å². The fraction of sp³-hybridized carbons (Fsp3) is 0.350. The number of nitrogens with one attached hydrogen (secondary N) is 1. The molecule has 2 aromatic rings. The van der Waals surface area contributed by atoms with Crippen molar-refractivity contribution in [1.82, 2.24) is 10.4 Å². The van der Waals surface area contributed by atoms with E-state index in [0.29, 0.717) is 17.0 Å². The molecule has 0 spiro atoms. The molecule has 1 aromatic heterocycles. The van der Waals surface area contributed by atoms with Gasteiger partial charge in [-0.15, -0.1) is 0 Å². The molecule has 0 bridgehead atoms. The van der Waals surface area contributed by atoms with E-state index in [9.17, 15) is 9.18 Å². The molecule has 3 rings (SSSR count). The summed E-state index contributed by atoms with van der Waals surface area (Å²) in [5.41, 5.74) is 5.13. The second-order valence-electron chi connectivity index (χ2n) is 7.35. The molecule has 0 radical (unpaired) electrons. The number of amides is 1. The summed E-state index contributed by atoms with van der Waals surface area (Å²) in [4.78, 5) is 18.0. The van der Waals surface area contributed by atoms with Crippen LogP contribution in [0.1, 0.15) is 54.6 Å². The van der Waals surface area contributed by atoms with Crippen molar-refractivity contribution < 1.29 is 9.18 Å². The van der Waals surface area contributed by atoms with E-state index >= 15 is 0 Å². The number of nitrogens with zero attached hydrogens (tertiary/aromatic N) is 3. The third-order valence-electron chi connectivity index (χ3n) is 5.05. The standard InChI is InChI=1S/C20H23FN4O/c1-13-10-20(2,3)25(4)18-9-17(21)15(8-16(13)18)12-23-24-19(26)14-6-5-7-22-11-14/h5-9,11-13H,10H2,1-4H3,(H,24,26)/b23-12-. The molecule has 1 aliphatic rings. The maximum Gasteiger partial charge on any atom is 0.272 e. The smallest absolute Gasteiger partial charge is 0.272 e. The van der Waals surface area contributed by atoms with E-state index in [1.165, 1.54) is 12.4 Å². The Labute approximate surface area is 152 Å². The summed E-state index contributed by atoms with van der Waals surface area (Å²) >= 11 is 0. The Balaban J connectivity index is 1.82. The summed E-state index contributed by atoms with van der Waals surface area (Å²) in [6, 6.07) is 6.68. The molecule has 0 saturated carbocycles. The van der Waals surface area contributed by atoms with Crippen molar-refractivity contribution in [3.63, 3.8) is 0 Å². The monoisotopic (exact) mass is 354 g/mol. The maximum atomic E-state index is 14.5. The summed E-state index contributed by atoms with van der Waals surface area (Å²) in [5, 5.41) is 3.89. The lowest BCUT2D eigenvalue weighted by Gasteiger charge is -2.45. The number of aromatic nitrogens is 1. The summed E-state index contributed by atoms with van der Waals surface area (Å²) < 4.78 is 14.5. The van der Waals surface area contributed by atoms with Gasteiger partial charge in [0.2, 0.25) is 0 Å². The van der Waals surface area contributed by atoms with Crippen LogP contribution in [0.25, 0.3) is 0 Å². The van der Waals surface area contributed by atoms with Crippen molar-refractivity contribution in [2.45, 2.75) is 38.6 Å². The van der Waals surface area contributed by atoms with E-state index in [0.717, 1.165) is 17.7 Å². The third-order valence-corrected chi connectivity index (χ3v) is 5.05. The molecule has 5 nitrogen and oxygen atoms in total. The van der Waals surface area contributed by atoms with Crippen molar-refractivity contribution in [2.24, 2.45) is 5.10 Å². The zero-order valence-electron chi connectivity index (χ0n) is 15.5. The van der Waals surface area contributed by atoms with Crippen LogP contribution in [0.3, 0.4) is 0 Å². The molecule has 0 aliphatic carbocycles. The number of pyridine rings is 1. The third kappa shape index (κ3) is 3.45. The van der Waals surface area contributed by atoms with Gasteiger partial charge in [0.1, 0.15) is 5.82 Å². The predicted octanol–water partition coefficient (Wildman–Crippen LogP) is 3.71. The van der Waals surface area contributed by atoms with Gasteiger partial charge in [-0.2, -0.15) is 5.10 Å². The largest absolute Gasteiger partial charge is 0.369 e. The molecule has 1 amide bonds. The first-order valence-corrected chi connectivity index (χ1v) is 8.60. The Hall–Kier alpha value is -2.76. The van der Waals surface area contributed by atoms with E-state index in [-0.39, 0.29) is 17.3 Å². The van der Waals surface area contributed by atoms with Gasteiger partial charge in [0.25, 0.3) is 5.91 Å². The number of halogens is 1. The van der Waals surface area contributed by atoms with Crippen molar-refractivity contribution in [3.8, 4) is 0 Å². The van der Waals surface area contributed by atoms with Gasteiger partial charge >= 0.3 is 0 Å². The number of hydrogen-bond acceptors (Lipinski definition) is 4. The number of fused-ring (bicyclic) bond motifs is 1. The van der Waals surface area contributed by atoms with E-state index < -0.39 is 0 Å². The fourth-order valence-corrected chi connectivity index (χ4v) is 3.43. The quantitative estimate of drug-likeness (QED) is 0.675. The van der Waals surface area contributed by atoms with Gasteiger partial charge < -0.3 is 4.90 Å². The molecule has 2 heterocycles. The van der Waals surface area contributed by atoms with Crippen molar-refractivity contribution in [1.29, 1.82) is 0 Å². The van der Waals surface area contributed by atoms with Crippen LogP contribution in [0.15, 0.2) is 41.8 Å². The first kappa shape index (κ1) is 18.0. The number of anilines is 1. The van der Waals surface area contributed by atoms with Crippen molar-refractivity contribution >= 4 is 17.8 Å². The van der Waals surface area contributed by atoms with E-state index in [1.54, 1.807) is 24.4 Å². The molecular weight excluding hydrogens is 331 g/mol. The Bertz CT molecular complexity index is 848. The highest BCUT2D eigenvalue weighted by Crippen LogP contribution is 2.43. The van der Waals surface area contributed by atoms with Crippen LogP contribution in [-0.2, 0) is 0 Å². The van der Waals surface area contributed by atoms with Gasteiger partial charge in [0.05, 0.1) is 11.8 Å². The summed E-state index contributed by atoms with van der Waals surface area (Å²) in [6.07, 6.45) is 5.36. The van der Waals surface area contributed by atoms with Crippen LogP contribution in [0, 0.1) is 5.82 Å². The van der Waals surface area contributed by atoms with Gasteiger partial charge in [-0.1, -0.05) is 6.92 Å². The topological polar surface area (TPSA) is 57.6 Å². The predicted molar refractivity (Wildman–Crippen MR) is 101 cm³/mol. The summed E-state index contributed by atoms with van der Waals surface area (Å²) in [5.74, 6) is -0.434. The highest BCUT2D eigenvalue weighted by molar-refractivity contribution is 5.94. The summed E-state index contributed by atoms with van der Waals surface area (Å²) in [6.45, 7) is 6.47. The molecule has 136 valence electrons. The lowest BCUT2D eigenvalue weighted by Crippen LogP contribution is -2.45. The molecule has 6 heteroatoms. The van der Waals surface area contributed by atoms with E-state index in [2.05, 4.69) is 41.2 Å². The fourth-order valence-electron chi connectivity index (χ4n) is 3.43. The highest BCUT2D eigenvalue weighted by Gasteiger charge is 2.34. The minimum absolute atomic E-state index is 0.0217. The Morgan fingerprint density at radius 3 is 2.92 bits per heavy atom. The molecule has 0 saturated heterocycles. The van der Waals surface area contributed by atoms with Crippen molar-refractivity contribution in [3.05, 3.63) is 59.2 Å². The minimum Gasteiger partial charge on any atom is -0.369 e. The molecule has 1 atom stereocenters. The van der Waals surface area contributed by atoms with Gasteiger partial charge in [-0.3, -0.25) is 9.78 Å². The van der Waals surface area contributed by atoms with Crippen molar-refractivity contribution in [2.75, 3.05) is 11.9 Å². The number of carbonyl (C=O) groups is 1. The van der Waals surface area contributed by atoms with Crippen LogP contribution in [0.4, 0.5) is 10.1 Å². The Morgan fingerprint density at radius 1 is 1.46 bits per heavy atom. The molecule has 1 aromatic carbocycles. The number of hydrogen-bond donors (Lipinski definition) is 1. The van der Waals surface area contributed by atoms with Gasteiger partial charge in [-0.25, -0.2) is 9.82 Å². The highest BCUT2D eigenvalue weighted by atomic mass is 19.1. The molecule has 0 fully saturated rings. The Kier molecular flexibility index (Phi) is 4.76. The zero-order chi connectivity index (χ0) is 18.9. The number of rotatable bonds is 3. The molecule has 1 aliphatic heterocycles. The lowest BCUT2D eigenvalue weighted by molar-refractivity contribution is 0.0954. The normalized spacial score (nSPS) is 18.7. The van der Waals surface area contributed by atoms with E-state index in [4.69, 9.17) is 0 Å². The molecular formula is C20H23FN4O. The molecule has 1 N–H and O–H groups in total. The SMILES string of the molecule is CC1CC(C)(C)N(C)c2cc(F)c(/C=N\NC(=O)c3cccnc3)cc21. The van der Waals surface area contributed by atoms with Crippen LogP contribution in [-0.4, -0.2) is 29.7 Å². The number of hydrazone groups is 1. The second kappa shape index (κ2) is 6.86. The Morgan fingerprint density at radius 2 is 2.23 bits per heavy atom.